The molecule has 0 bridgehead atoms. The molecule has 0 aliphatic rings. The molecular weight excluding hydrogens is 256 g/mol. The topological polar surface area (TPSA) is 12.0 Å². The summed E-state index contributed by atoms with van der Waals surface area (Å²) in [6.45, 7) is 7.38. The van der Waals surface area contributed by atoms with Crippen LogP contribution in [0.25, 0.3) is 0 Å². The lowest BCUT2D eigenvalue weighted by Crippen LogP contribution is -2.10. The number of nitrogens with one attached hydrogen (secondary N) is 1. The molecule has 0 saturated heterocycles. The maximum absolute atomic E-state index is 14.0. The Morgan fingerprint density at radius 1 is 0.900 bits per heavy atom. The Balaban J connectivity index is 2.30. The van der Waals surface area contributed by atoms with Gasteiger partial charge in [-0.1, -0.05) is 12.1 Å². The predicted octanol–water partition coefficient (Wildman–Crippen LogP) is 5.06. The van der Waals surface area contributed by atoms with Crippen LogP contribution in [0.3, 0.4) is 0 Å². The molecule has 3 heteroatoms. The number of halogens is 2. The van der Waals surface area contributed by atoms with Gasteiger partial charge in [0.25, 0.3) is 0 Å². The van der Waals surface area contributed by atoms with Crippen LogP contribution in [-0.4, -0.2) is 0 Å². The standard InChI is InChI=1S/C17H19F2N/c1-10-5-6-11(2)17(7-10)20-13(4)14-9-15(18)12(3)8-16(14)19/h5-9,13,20H,1-4H3. The molecule has 0 heterocycles. The fraction of sp³-hybridized carbons (Fsp3) is 0.294. The molecule has 2 rings (SSSR count). The van der Waals surface area contributed by atoms with E-state index < -0.39 is 0 Å². The summed E-state index contributed by atoms with van der Waals surface area (Å²) in [6, 6.07) is 8.26. The van der Waals surface area contributed by atoms with Crippen LogP contribution in [-0.2, 0) is 0 Å². The van der Waals surface area contributed by atoms with Crippen molar-refractivity contribution in [2.24, 2.45) is 0 Å². The minimum absolute atomic E-state index is 0.300. The van der Waals surface area contributed by atoms with Gasteiger partial charge in [0, 0.05) is 11.3 Å². The van der Waals surface area contributed by atoms with E-state index in [1.807, 2.05) is 39.0 Å². The van der Waals surface area contributed by atoms with Gasteiger partial charge in [0.05, 0.1) is 6.04 Å². The van der Waals surface area contributed by atoms with Gasteiger partial charge in [-0.3, -0.25) is 0 Å². The number of hydrogen-bond acceptors (Lipinski definition) is 1. The van der Waals surface area contributed by atoms with E-state index in [1.165, 1.54) is 12.1 Å². The Morgan fingerprint density at radius 3 is 2.30 bits per heavy atom. The van der Waals surface area contributed by atoms with Gasteiger partial charge in [-0.15, -0.1) is 0 Å². The van der Waals surface area contributed by atoms with E-state index in [4.69, 9.17) is 0 Å². The van der Waals surface area contributed by atoms with Gasteiger partial charge in [0.15, 0.2) is 0 Å². The number of hydrogen-bond donors (Lipinski definition) is 1. The smallest absolute Gasteiger partial charge is 0.128 e. The van der Waals surface area contributed by atoms with Crippen molar-refractivity contribution < 1.29 is 8.78 Å². The van der Waals surface area contributed by atoms with Gasteiger partial charge in [0.1, 0.15) is 11.6 Å². The van der Waals surface area contributed by atoms with Gasteiger partial charge in [-0.05, 0) is 62.6 Å². The zero-order valence-corrected chi connectivity index (χ0v) is 12.2. The monoisotopic (exact) mass is 275 g/mol. The summed E-state index contributed by atoms with van der Waals surface area (Å²) in [5.41, 5.74) is 3.81. The molecule has 2 aromatic rings. The van der Waals surface area contributed by atoms with Crippen LogP contribution in [0.2, 0.25) is 0 Å². The summed E-state index contributed by atoms with van der Waals surface area (Å²) in [4.78, 5) is 0. The first-order valence-corrected chi connectivity index (χ1v) is 6.68. The second kappa shape index (κ2) is 5.61. The van der Waals surface area contributed by atoms with E-state index in [0.717, 1.165) is 16.8 Å². The molecule has 0 fully saturated rings. The summed E-state index contributed by atoms with van der Waals surface area (Å²) >= 11 is 0. The second-order valence-electron chi connectivity index (χ2n) is 5.31. The Hall–Kier alpha value is -1.90. The van der Waals surface area contributed by atoms with Crippen LogP contribution >= 0.6 is 0 Å². The third-order valence-corrected chi connectivity index (χ3v) is 3.51. The van der Waals surface area contributed by atoms with Crippen LogP contribution in [0.1, 0.15) is 35.2 Å². The molecule has 0 aliphatic carbocycles. The van der Waals surface area contributed by atoms with Crippen molar-refractivity contribution in [3.8, 4) is 0 Å². The van der Waals surface area contributed by atoms with Crippen molar-refractivity contribution >= 4 is 5.69 Å². The normalized spacial score (nSPS) is 12.3. The molecule has 0 amide bonds. The quantitative estimate of drug-likeness (QED) is 0.825. The van der Waals surface area contributed by atoms with Gasteiger partial charge >= 0.3 is 0 Å². The van der Waals surface area contributed by atoms with Gasteiger partial charge < -0.3 is 5.32 Å². The van der Waals surface area contributed by atoms with Crippen molar-refractivity contribution in [3.05, 3.63) is 64.2 Å². The molecule has 0 spiro atoms. The van der Waals surface area contributed by atoms with Gasteiger partial charge in [-0.25, -0.2) is 8.78 Å². The molecule has 1 nitrogen and oxygen atoms in total. The first-order valence-electron chi connectivity index (χ1n) is 6.68. The Labute approximate surface area is 118 Å². The van der Waals surface area contributed by atoms with E-state index in [1.54, 1.807) is 6.92 Å². The van der Waals surface area contributed by atoms with Gasteiger partial charge in [-0.2, -0.15) is 0 Å². The van der Waals surface area contributed by atoms with Crippen molar-refractivity contribution in [2.45, 2.75) is 33.7 Å². The fourth-order valence-electron chi connectivity index (χ4n) is 2.20. The molecule has 106 valence electrons. The lowest BCUT2D eigenvalue weighted by molar-refractivity contribution is 0.571. The molecule has 20 heavy (non-hydrogen) atoms. The first-order chi connectivity index (χ1) is 9.38. The van der Waals surface area contributed by atoms with Crippen molar-refractivity contribution in [2.75, 3.05) is 5.32 Å². The van der Waals surface area contributed by atoms with Crippen molar-refractivity contribution in [1.82, 2.24) is 0 Å². The highest BCUT2D eigenvalue weighted by Gasteiger charge is 2.14. The molecule has 1 unspecified atom stereocenters. The molecular formula is C17H19F2N. The Bertz CT molecular complexity index is 635. The van der Waals surface area contributed by atoms with E-state index >= 15 is 0 Å². The van der Waals surface area contributed by atoms with Crippen LogP contribution < -0.4 is 5.32 Å². The van der Waals surface area contributed by atoms with Crippen LogP contribution in [0.5, 0.6) is 0 Å². The van der Waals surface area contributed by atoms with Crippen LogP contribution in [0.4, 0.5) is 14.5 Å². The molecule has 0 aromatic heterocycles. The fourth-order valence-corrected chi connectivity index (χ4v) is 2.20. The molecule has 0 radical (unpaired) electrons. The summed E-state index contributed by atoms with van der Waals surface area (Å²) in [5, 5.41) is 3.25. The molecule has 1 atom stereocenters. The summed E-state index contributed by atoms with van der Waals surface area (Å²) in [5.74, 6) is -0.759. The van der Waals surface area contributed by atoms with E-state index in [9.17, 15) is 8.78 Å². The van der Waals surface area contributed by atoms with Gasteiger partial charge in [0.2, 0.25) is 0 Å². The zero-order valence-electron chi connectivity index (χ0n) is 12.2. The maximum atomic E-state index is 14.0. The third-order valence-electron chi connectivity index (χ3n) is 3.51. The summed E-state index contributed by atoms with van der Waals surface area (Å²) < 4.78 is 27.6. The number of rotatable bonds is 3. The van der Waals surface area contributed by atoms with Crippen molar-refractivity contribution in [1.29, 1.82) is 0 Å². The number of anilines is 1. The Morgan fingerprint density at radius 2 is 1.60 bits per heavy atom. The van der Waals surface area contributed by atoms with Crippen LogP contribution in [0, 0.1) is 32.4 Å². The summed E-state index contributed by atoms with van der Waals surface area (Å²) in [6.07, 6.45) is 0. The van der Waals surface area contributed by atoms with E-state index in [2.05, 4.69) is 5.32 Å². The molecule has 0 aliphatic heterocycles. The van der Waals surface area contributed by atoms with Crippen molar-refractivity contribution in [3.63, 3.8) is 0 Å². The average molecular weight is 275 g/mol. The lowest BCUT2D eigenvalue weighted by atomic mass is 10.0. The predicted molar refractivity (Wildman–Crippen MR) is 79.0 cm³/mol. The number of benzene rings is 2. The van der Waals surface area contributed by atoms with Crippen LogP contribution in [0.15, 0.2) is 30.3 Å². The first kappa shape index (κ1) is 14.5. The van der Waals surface area contributed by atoms with E-state index in [-0.39, 0.29) is 17.7 Å². The minimum atomic E-state index is -0.380. The minimum Gasteiger partial charge on any atom is -0.378 e. The highest BCUT2D eigenvalue weighted by atomic mass is 19.1. The Kier molecular flexibility index (Phi) is 4.07. The number of aryl methyl sites for hydroxylation is 3. The van der Waals surface area contributed by atoms with E-state index in [0.29, 0.717) is 11.1 Å². The zero-order chi connectivity index (χ0) is 14.9. The molecule has 1 N–H and O–H groups in total. The third kappa shape index (κ3) is 2.98. The molecule has 2 aromatic carbocycles. The maximum Gasteiger partial charge on any atom is 0.128 e. The SMILES string of the molecule is Cc1ccc(C)c(NC(C)c2cc(F)c(C)cc2F)c1. The molecule has 0 saturated carbocycles. The lowest BCUT2D eigenvalue weighted by Gasteiger charge is -2.19. The highest BCUT2D eigenvalue weighted by Crippen LogP contribution is 2.26. The summed E-state index contributed by atoms with van der Waals surface area (Å²) in [7, 11) is 0. The second-order valence-corrected chi connectivity index (χ2v) is 5.31. The average Bonchev–Trinajstić information content (AvgIpc) is 2.38. The highest BCUT2D eigenvalue weighted by molar-refractivity contribution is 5.54. The largest absolute Gasteiger partial charge is 0.378 e.